The van der Waals surface area contributed by atoms with Crippen LogP contribution in [0.4, 0.5) is 18.0 Å². The second-order valence-electron chi connectivity index (χ2n) is 2.84. The lowest BCUT2D eigenvalue weighted by Crippen LogP contribution is -2.66. The van der Waals surface area contributed by atoms with Crippen LogP contribution in [-0.2, 0) is 14.3 Å². The van der Waals surface area contributed by atoms with E-state index in [4.69, 9.17) is 5.11 Å². The van der Waals surface area contributed by atoms with Crippen molar-refractivity contribution in [2.24, 2.45) is 0 Å². The smallest absolute Gasteiger partial charge is 0.448 e. The van der Waals surface area contributed by atoms with E-state index in [0.717, 1.165) is 12.2 Å². The molecule has 3 amide bonds. The van der Waals surface area contributed by atoms with Gasteiger partial charge in [0.25, 0.3) is 0 Å². The van der Waals surface area contributed by atoms with Crippen molar-refractivity contribution >= 4 is 17.9 Å². The van der Waals surface area contributed by atoms with Crippen LogP contribution in [0.25, 0.3) is 0 Å². The van der Waals surface area contributed by atoms with Crippen LogP contribution in [0.3, 0.4) is 0 Å². The average Bonchev–Trinajstić information content (AvgIpc) is 2.12. The predicted molar refractivity (Wildman–Crippen MR) is 45.4 cm³/mol. The number of carbonyl (C=O) groups is 3. The van der Waals surface area contributed by atoms with E-state index in [1.807, 2.05) is 0 Å². The zero-order valence-corrected chi connectivity index (χ0v) is 8.71. The summed E-state index contributed by atoms with van der Waals surface area (Å²) < 4.78 is 40.8. The van der Waals surface area contributed by atoms with Crippen molar-refractivity contribution in [3.05, 3.63) is 0 Å². The lowest BCUT2D eigenvalue weighted by atomic mass is 10.2. The number of hydrogen-bond donors (Lipinski definition) is 3. The molecule has 0 heterocycles. The number of hydrogen-bond acceptors (Lipinski definition) is 5. The Morgan fingerprint density at radius 1 is 1.24 bits per heavy atom. The van der Waals surface area contributed by atoms with Crippen LogP contribution < -0.4 is 10.6 Å². The van der Waals surface area contributed by atoms with Gasteiger partial charge in [0.2, 0.25) is 5.91 Å². The van der Waals surface area contributed by atoms with Crippen LogP contribution in [0.1, 0.15) is 6.92 Å². The maximum atomic E-state index is 12.4. The van der Waals surface area contributed by atoms with E-state index in [2.05, 4.69) is 4.74 Å². The molecule has 10 heteroatoms. The maximum Gasteiger partial charge on any atom is 0.448 e. The molecule has 0 aromatic heterocycles. The first kappa shape index (κ1) is 15.2. The van der Waals surface area contributed by atoms with E-state index in [9.17, 15) is 27.6 Å². The van der Waals surface area contributed by atoms with E-state index >= 15 is 0 Å². The number of urea groups is 1. The van der Waals surface area contributed by atoms with E-state index in [1.54, 1.807) is 0 Å². The fourth-order valence-corrected chi connectivity index (χ4v) is 0.741. The zero-order chi connectivity index (χ0) is 13.9. The van der Waals surface area contributed by atoms with Crippen molar-refractivity contribution in [1.29, 1.82) is 0 Å². The zero-order valence-electron chi connectivity index (χ0n) is 8.71. The summed E-state index contributed by atoms with van der Waals surface area (Å²) >= 11 is 0. The molecule has 0 saturated heterocycles. The second kappa shape index (κ2) is 4.99. The maximum absolute atomic E-state index is 12.4. The van der Waals surface area contributed by atoms with E-state index in [0.29, 0.717) is 7.11 Å². The number of nitrogens with one attached hydrogen (secondary N) is 2. The number of ether oxygens (including phenoxy) is 1. The molecule has 1 atom stereocenters. The summed E-state index contributed by atoms with van der Waals surface area (Å²) in [6.45, 7) is 0.852. The Labute approximate surface area is 92.9 Å². The minimum absolute atomic E-state index is 0.587. The fourth-order valence-electron chi connectivity index (χ4n) is 0.741. The van der Waals surface area contributed by atoms with Crippen LogP contribution in [0.5, 0.6) is 0 Å². The molecular weight excluding hydrogens is 249 g/mol. The van der Waals surface area contributed by atoms with Crippen LogP contribution >= 0.6 is 0 Å². The predicted octanol–water partition coefficient (Wildman–Crippen LogP) is -0.744. The Hall–Kier alpha value is -1.84. The number of halogens is 3. The summed E-state index contributed by atoms with van der Waals surface area (Å²) in [6.07, 6.45) is -5.51. The van der Waals surface area contributed by atoms with Crippen molar-refractivity contribution < 1.29 is 37.4 Å². The summed E-state index contributed by atoms with van der Waals surface area (Å²) in [7, 11) is 0.587. The van der Waals surface area contributed by atoms with Gasteiger partial charge in [-0.15, -0.1) is 0 Å². The largest absolute Gasteiger partial charge is 0.465 e. The van der Waals surface area contributed by atoms with Gasteiger partial charge in [0.1, 0.15) is 0 Å². The van der Waals surface area contributed by atoms with Crippen LogP contribution in [-0.4, -0.2) is 42.0 Å². The third-order valence-electron chi connectivity index (χ3n) is 1.48. The van der Waals surface area contributed by atoms with E-state index in [1.165, 1.54) is 5.32 Å². The Bertz CT molecular complexity index is 343. The van der Waals surface area contributed by atoms with Gasteiger partial charge in [0, 0.05) is 6.92 Å². The Balaban J connectivity index is 5.04. The summed E-state index contributed by atoms with van der Waals surface area (Å²) in [5.74, 6) is -3.11. The van der Waals surface area contributed by atoms with Gasteiger partial charge in [-0.25, -0.2) is 9.59 Å². The minimum atomic E-state index is -5.51. The van der Waals surface area contributed by atoms with Crippen molar-refractivity contribution in [2.75, 3.05) is 7.11 Å². The van der Waals surface area contributed by atoms with Crippen LogP contribution in [0, 0.1) is 0 Å². The van der Waals surface area contributed by atoms with Crippen molar-refractivity contribution in [2.45, 2.75) is 18.8 Å². The molecule has 0 aliphatic rings. The molecule has 0 fully saturated rings. The number of carbonyl (C=O) groups excluding carboxylic acids is 3. The molecule has 0 aliphatic heterocycles. The lowest BCUT2D eigenvalue weighted by molar-refractivity contribution is -0.267. The molecular formula is C7H9F3N2O5. The molecule has 7 nitrogen and oxygen atoms in total. The van der Waals surface area contributed by atoms with Crippen molar-refractivity contribution in [3.63, 3.8) is 0 Å². The molecule has 17 heavy (non-hydrogen) atoms. The van der Waals surface area contributed by atoms with Gasteiger partial charge >= 0.3 is 23.9 Å². The van der Waals surface area contributed by atoms with Gasteiger partial charge in [0.05, 0.1) is 7.11 Å². The molecule has 0 bridgehead atoms. The number of aliphatic hydroxyl groups is 1. The first-order valence-corrected chi connectivity index (χ1v) is 4.02. The monoisotopic (exact) mass is 258 g/mol. The van der Waals surface area contributed by atoms with Gasteiger partial charge in [-0.3, -0.25) is 15.4 Å². The van der Waals surface area contributed by atoms with Crippen LogP contribution in [0.15, 0.2) is 0 Å². The summed E-state index contributed by atoms with van der Waals surface area (Å²) in [5, 5.41) is 11.3. The highest BCUT2D eigenvalue weighted by Crippen LogP contribution is 2.29. The molecule has 98 valence electrons. The van der Waals surface area contributed by atoms with Gasteiger partial charge in [0.15, 0.2) is 0 Å². The minimum Gasteiger partial charge on any atom is -0.465 e. The van der Waals surface area contributed by atoms with Gasteiger partial charge in [-0.05, 0) is 0 Å². The van der Waals surface area contributed by atoms with Gasteiger partial charge < -0.3 is 9.84 Å². The average molecular weight is 258 g/mol. The first-order valence-electron chi connectivity index (χ1n) is 4.02. The number of methoxy groups -OCH3 is 1. The molecule has 0 aromatic rings. The molecule has 0 rings (SSSR count). The van der Waals surface area contributed by atoms with Gasteiger partial charge in [-0.1, -0.05) is 0 Å². The Morgan fingerprint density at radius 3 is 2.00 bits per heavy atom. The quantitative estimate of drug-likeness (QED) is 0.447. The van der Waals surface area contributed by atoms with E-state index in [-0.39, 0.29) is 0 Å². The third-order valence-corrected chi connectivity index (χ3v) is 1.48. The first-order chi connectivity index (χ1) is 7.54. The summed E-state index contributed by atoms with van der Waals surface area (Å²) in [4.78, 5) is 32.0. The fraction of sp³-hybridized carbons (Fsp3) is 0.571. The molecule has 3 N–H and O–H groups in total. The van der Waals surface area contributed by atoms with Gasteiger partial charge in [-0.2, -0.15) is 13.2 Å². The molecule has 0 radical (unpaired) electrons. The number of alkyl halides is 3. The lowest BCUT2D eigenvalue weighted by Gasteiger charge is -2.27. The number of amides is 3. The van der Waals surface area contributed by atoms with Crippen LogP contribution in [0.2, 0.25) is 0 Å². The topological polar surface area (TPSA) is 105 Å². The molecule has 0 spiro atoms. The summed E-state index contributed by atoms with van der Waals surface area (Å²) in [6, 6.07) is -1.69. The van der Waals surface area contributed by atoms with Crippen molar-refractivity contribution in [1.82, 2.24) is 10.6 Å². The Morgan fingerprint density at radius 2 is 1.71 bits per heavy atom. The number of esters is 1. The Kier molecular flexibility index (Phi) is 4.45. The highest BCUT2D eigenvalue weighted by Gasteiger charge is 2.62. The second-order valence-corrected chi connectivity index (χ2v) is 2.84. The summed E-state index contributed by atoms with van der Waals surface area (Å²) in [5.41, 5.74) is -4.22. The molecule has 0 aromatic carbocycles. The molecule has 0 aliphatic carbocycles. The van der Waals surface area contributed by atoms with E-state index < -0.39 is 29.8 Å². The molecule has 0 saturated carbocycles. The SMILES string of the molecule is COC(=O)[C@@](O)(NC(=O)NC(C)=O)C(F)(F)F. The standard InChI is InChI=1S/C7H9F3N2O5/c1-3(13)11-5(15)12-6(16,4(14)17-2)7(8,9)10/h16H,1-2H3,(H2,11,12,13,15)/t6-/m0/s1. The number of imide groups is 1. The number of rotatable bonds is 2. The highest BCUT2D eigenvalue weighted by molar-refractivity contribution is 5.95. The highest BCUT2D eigenvalue weighted by atomic mass is 19.4. The third kappa shape index (κ3) is 3.59. The normalized spacial score (nSPS) is 14.5. The van der Waals surface area contributed by atoms with Crippen molar-refractivity contribution in [3.8, 4) is 0 Å². The molecule has 0 unspecified atom stereocenters.